The lowest BCUT2D eigenvalue weighted by Gasteiger charge is -2.05. The average Bonchev–Trinajstić information content (AvgIpc) is 2.33. The van der Waals surface area contributed by atoms with Gasteiger partial charge in [0.1, 0.15) is 0 Å². The number of hydrogen-bond donors (Lipinski definition) is 2. The van der Waals surface area contributed by atoms with E-state index in [9.17, 15) is 20.3 Å². The van der Waals surface area contributed by atoms with Gasteiger partial charge in [0, 0.05) is 0 Å². The lowest BCUT2D eigenvalue weighted by atomic mass is 10.0. The summed E-state index contributed by atoms with van der Waals surface area (Å²) in [5.41, 5.74) is 0.386. The molecule has 0 aromatic heterocycles. The van der Waals surface area contributed by atoms with E-state index >= 15 is 0 Å². The van der Waals surface area contributed by atoms with Crippen molar-refractivity contribution in [2.24, 2.45) is 0 Å². The number of nitro groups is 1. The lowest BCUT2D eigenvalue weighted by molar-refractivity contribution is -0.385. The second-order valence-electron chi connectivity index (χ2n) is 3.45. The zero-order chi connectivity index (χ0) is 12.4. The van der Waals surface area contributed by atoms with Crippen LogP contribution in [-0.4, -0.2) is 15.1 Å². The summed E-state index contributed by atoms with van der Waals surface area (Å²) >= 11 is 0. The van der Waals surface area contributed by atoms with Gasteiger partial charge in [-0.15, -0.1) is 0 Å². The highest BCUT2D eigenvalue weighted by Crippen LogP contribution is 2.42. The Morgan fingerprint density at radius 2 is 1.65 bits per heavy atom. The van der Waals surface area contributed by atoms with E-state index < -0.39 is 22.1 Å². The molecule has 0 heterocycles. The van der Waals surface area contributed by atoms with Gasteiger partial charge in [0.2, 0.25) is 5.75 Å². The van der Waals surface area contributed by atoms with Gasteiger partial charge in [-0.3, -0.25) is 10.1 Å². The standard InChI is InChI=1S/C12H9NO4/c14-10-7-6-9(8-4-2-1-3-5-8)11(12(10)15)13(16)17/h1-7,14-15H. The quantitative estimate of drug-likeness (QED) is 0.472. The number of phenolic OH excluding ortho intramolecular Hbond substituents is 2. The number of hydrogen-bond acceptors (Lipinski definition) is 4. The highest BCUT2D eigenvalue weighted by molar-refractivity contribution is 5.79. The fourth-order valence-corrected chi connectivity index (χ4v) is 1.60. The van der Waals surface area contributed by atoms with E-state index in [-0.39, 0.29) is 5.56 Å². The first kappa shape index (κ1) is 10.9. The van der Waals surface area contributed by atoms with Crippen molar-refractivity contribution in [3.05, 3.63) is 52.6 Å². The molecule has 0 amide bonds. The van der Waals surface area contributed by atoms with Crippen LogP contribution >= 0.6 is 0 Å². The number of phenols is 2. The zero-order valence-corrected chi connectivity index (χ0v) is 8.70. The van der Waals surface area contributed by atoms with E-state index in [1.165, 1.54) is 12.1 Å². The third-order valence-corrected chi connectivity index (χ3v) is 2.40. The molecule has 0 fully saturated rings. The summed E-state index contributed by atoms with van der Waals surface area (Å²) in [6, 6.07) is 11.3. The van der Waals surface area contributed by atoms with Crippen molar-refractivity contribution in [3.8, 4) is 22.6 Å². The Balaban J connectivity index is 2.71. The molecule has 0 aliphatic rings. The summed E-state index contributed by atoms with van der Waals surface area (Å²) in [4.78, 5) is 10.2. The summed E-state index contributed by atoms with van der Waals surface area (Å²) in [6.07, 6.45) is 0. The van der Waals surface area contributed by atoms with Gasteiger partial charge >= 0.3 is 5.69 Å². The van der Waals surface area contributed by atoms with Gasteiger partial charge in [-0.2, -0.15) is 0 Å². The van der Waals surface area contributed by atoms with Crippen molar-refractivity contribution in [2.75, 3.05) is 0 Å². The average molecular weight is 231 g/mol. The van der Waals surface area contributed by atoms with Crippen LogP contribution in [0.25, 0.3) is 11.1 Å². The maximum atomic E-state index is 10.9. The fraction of sp³-hybridized carbons (Fsp3) is 0. The molecule has 5 nitrogen and oxygen atoms in total. The van der Waals surface area contributed by atoms with Crippen LogP contribution in [0, 0.1) is 10.1 Å². The van der Waals surface area contributed by atoms with E-state index in [2.05, 4.69) is 0 Å². The molecule has 2 N–H and O–H groups in total. The van der Waals surface area contributed by atoms with Gasteiger partial charge in [0.15, 0.2) is 5.75 Å². The predicted molar refractivity (Wildman–Crippen MR) is 61.9 cm³/mol. The molecule has 0 atom stereocenters. The normalized spacial score (nSPS) is 10.1. The van der Waals surface area contributed by atoms with Gasteiger partial charge in [0.05, 0.1) is 10.5 Å². The maximum Gasteiger partial charge on any atom is 0.322 e. The summed E-state index contributed by atoms with van der Waals surface area (Å²) in [5, 5.41) is 29.7. The van der Waals surface area contributed by atoms with Crippen LogP contribution in [-0.2, 0) is 0 Å². The summed E-state index contributed by atoms with van der Waals surface area (Å²) < 4.78 is 0. The van der Waals surface area contributed by atoms with Gasteiger partial charge in [-0.25, -0.2) is 0 Å². The van der Waals surface area contributed by atoms with Gasteiger partial charge in [0.25, 0.3) is 0 Å². The minimum atomic E-state index is -0.712. The largest absolute Gasteiger partial charge is 0.504 e. The molecule has 5 heteroatoms. The molecule has 17 heavy (non-hydrogen) atoms. The molecule has 2 aromatic rings. The Kier molecular flexibility index (Phi) is 2.66. The highest BCUT2D eigenvalue weighted by Gasteiger charge is 2.23. The Morgan fingerprint density at radius 1 is 1.00 bits per heavy atom. The molecule has 86 valence electrons. The smallest absolute Gasteiger partial charge is 0.322 e. The Hall–Kier alpha value is -2.56. The number of aromatic hydroxyl groups is 2. The van der Waals surface area contributed by atoms with Crippen molar-refractivity contribution < 1.29 is 15.1 Å². The SMILES string of the molecule is O=[N+]([O-])c1c(-c2ccccc2)ccc(O)c1O. The van der Waals surface area contributed by atoms with Gasteiger partial charge in [-0.1, -0.05) is 30.3 Å². The first-order valence-electron chi connectivity index (χ1n) is 4.86. The molecule has 0 bridgehead atoms. The molecule has 0 saturated heterocycles. The summed E-state index contributed by atoms with van der Waals surface area (Å²) in [5.74, 6) is -1.22. The van der Waals surface area contributed by atoms with Crippen LogP contribution in [0.4, 0.5) is 5.69 Å². The van der Waals surface area contributed by atoms with E-state index in [1.54, 1.807) is 30.3 Å². The topological polar surface area (TPSA) is 83.6 Å². The maximum absolute atomic E-state index is 10.9. The molecule has 0 spiro atoms. The molecule has 2 rings (SSSR count). The van der Waals surface area contributed by atoms with E-state index in [4.69, 9.17) is 0 Å². The Bertz CT molecular complexity index is 566. The molecular formula is C12H9NO4. The minimum absolute atomic E-state index is 0.269. The lowest BCUT2D eigenvalue weighted by Crippen LogP contribution is -1.92. The van der Waals surface area contributed by atoms with Crippen molar-refractivity contribution in [1.29, 1.82) is 0 Å². The van der Waals surface area contributed by atoms with Gasteiger partial charge < -0.3 is 10.2 Å². The first-order chi connectivity index (χ1) is 8.11. The van der Waals surface area contributed by atoms with Crippen molar-refractivity contribution >= 4 is 5.69 Å². The summed E-state index contributed by atoms with van der Waals surface area (Å²) in [7, 11) is 0. The van der Waals surface area contributed by atoms with Gasteiger partial charge in [-0.05, 0) is 17.7 Å². The second-order valence-corrected chi connectivity index (χ2v) is 3.45. The third kappa shape index (κ3) is 1.90. The highest BCUT2D eigenvalue weighted by atomic mass is 16.6. The van der Waals surface area contributed by atoms with Crippen LogP contribution in [0.1, 0.15) is 0 Å². The molecule has 0 unspecified atom stereocenters. The van der Waals surface area contributed by atoms with Crippen molar-refractivity contribution in [2.45, 2.75) is 0 Å². The number of benzene rings is 2. The molecule has 0 radical (unpaired) electrons. The van der Waals surface area contributed by atoms with Crippen LogP contribution < -0.4 is 0 Å². The molecule has 2 aromatic carbocycles. The number of nitrogens with zero attached hydrogens (tertiary/aromatic N) is 1. The number of nitro benzene ring substituents is 1. The Morgan fingerprint density at radius 3 is 2.24 bits per heavy atom. The fourth-order valence-electron chi connectivity index (χ4n) is 1.60. The molecule has 0 aliphatic carbocycles. The van der Waals surface area contributed by atoms with Crippen molar-refractivity contribution in [1.82, 2.24) is 0 Å². The van der Waals surface area contributed by atoms with E-state index in [1.807, 2.05) is 0 Å². The predicted octanol–water partition coefficient (Wildman–Crippen LogP) is 2.67. The van der Waals surface area contributed by atoms with E-state index in [0.717, 1.165) is 0 Å². The molecule has 0 saturated carbocycles. The van der Waals surface area contributed by atoms with E-state index in [0.29, 0.717) is 5.56 Å². The Labute approximate surface area is 96.7 Å². The van der Waals surface area contributed by atoms with Crippen molar-refractivity contribution in [3.63, 3.8) is 0 Å². The first-order valence-corrected chi connectivity index (χ1v) is 4.86. The minimum Gasteiger partial charge on any atom is -0.504 e. The molecule has 0 aliphatic heterocycles. The van der Waals surface area contributed by atoms with Crippen LogP contribution in [0.15, 0.2) is 42.5 Å². The van der Waals surface area contributed by atoms with Crippen LogP contribution in [0.3, 0.4) is 0 Å². The van der Waals surface area contributed by atoms with Crippen LogP contribution in [0.2, 0.25) is 0 Å². The second kappa shape index (κ2) is 4.13. The zero-order valence-electron chi connectivity index (χ0n) is 8.70. The number of rotatable bonds is 2. The van der Waals surface area contributed by atoms with Crippen LogP contribution in [0.5, 0.6) is 11.5 Å². The third-order valence-electron chi connectivity index (χ3n) is 2.40. The summed E-state index contributed by atoms with van der Waals surface area (Å²) in [6.45, 7) is 0. The monoisotopic (exact) mass is 231 g/mol. The molecular weight excluding hydrogens is 222 g/mol.